The Labute approximate surface area is 183 Å². The van der Waals surface area contributed by atoms with E-state index in [1.807, 2.05) is 91.0 Å². The van der Waals surface area contributed by atoms with E-state index >= 15 is 0 Å². The molecule has 3 aromatic carbocycles. The summed E-state index contributed by atoms with van der Waals surface area (Å²) in [7, 11) is 0. The molecule has 2 amide bonds. The van der Waals surface area contributed by atoms with Crippen LogP contribution in [-0.2, 0) is 22.6 Å². The molecule has 3 rings (SSSR count). The van der Waals surface area contributed by atoms with Crippen LogP contribution in [0.4, 0.5) is 0 Å². The molecule has 1 atom stereocenters. The van der Waals surface area contributed by atoms with Crippen LogP contribution in [0.15, 0.2) is 91.0 Å². The van der Waals surface area contributed by atoms with Crippen molar-refractivity contribution in [3.8, 4) is 0 Å². The van der Waals surface area contributed by atoms with Crippen molar-refractivity contribution in [3.05, 3.63) is 108 Å². The molecule has 0 spiro atoms. The van der Waals surface area contributed by atoms with Crippen molar-refractivity contribution in [3.63, 3.8) is 0 Å². The first-order chi connectivity index (χ1) is 15.2. The van der Waals surface area contributed by atoms with E-state index in [-0.39, 0.29) is 25.0 Å². The van der Waals surface area contributed by atoms with Gasteiger partial charge in [-0.25, -0.2) is 0 Å². The lowest BCUT2D eigenvalue weighted by molar-refractivity contribution is -0.141. The second kappa shape index (κ2) is 11.7. The maximum atomic E-state index is 13.4. The van der Waals surface area contributed by atoms with Gasteiger partial charge in [0, 0.05) is 19.5 Å². The number of aliphatic hydroxyl groups is 1. The van der Waals surface area contributed by atoms with Crippen LogP contribution in [0, 0.1) is 0 Å². The molecule has 160 valence electrons. The highest BCUT2D eigenvalue weighted by Gasteiger charge is 2.31. The largest absolute Gasteiger partial charge is 0.395 e. The number of nitrogens with zero attached hydrogens (tertiary/aromatic N) is 1. The zero-order valence-electron chi connectivity index (χ0n) is 17.5. The molecule has 1 unspecified atom stereocenters. The molecule has 0 saturated heterocycles. The van der Waals surface area contributed by atoms with Crippen molar-refractivity contribution in [2.24, 2.45) is 0 Å². The smallest absolute Gasteiger partial charge is 0.247 e. The van der Waals surface area contributed by atoms with Crippen molar-refractivity contribution in [1.29, 1.82) is 0 Å². The summed E-state index contributed by atoms with van der Waals surface area (Å²) in [6.07, 6.45) is 0.901. The van der Waals surface area contributed by atoms with Crippen molar-refractivity contribution >= 4 is 11.8 Å². The number of amides is 2. The highest BCUT2D eigenvalue weighted by Crippen LogP contribution is 2.25. The maximum absolute atomic E-state index is 13.4. The summed E-state index contributed by atoms with van der Waals surface area (Å²) in [5.41, 5.74) is 2.77. The molecule has 0 saturated carbocycles. The predicted octanol–water partition coefficient (Wildman–Crippen LogP) is 3.50. The Morgan fingerprint density at radius 2 is 1.35 bits per heavy atom. The van der Waals surface area contributed by atoms with Gasteiger partial charge in [0.1, 0.15) is 6.04 Å². The number of aryl methyl sites for hydroxylation is 1. The van der Waals surface area contributed by atoms with Crippen LogP contribution in [0.2, 0.25) is 0 Å². The lowest BCUT2D eigenvalue weighted by Gasteiger charge is -2.31. The van der Waals surface area contributed by atoms with E-state index in [1.54, 1.807) is 4.90 Å². The molecule has 5 nitrogen and oxygen atoms in total. The Morgan fingerprint density at radius 1 is 0.806 bits per heavy atom. The van der Waals surface area contributed by atoms with Crippen LogP contribution in [0.25, 0.3) is 0 Å². The minimum atomic E-state index is -0.781. The monoisotopic (exact) mass is 416 g/mol. The van der Waals surface area contributed by atoms with Gasteiger partial charge in [0.15, 0.2) is 0 Å². The topological polar surface area (TPSA) is 69.6 Å². The normalized spacial score (nSPS) is 11.5. The van der Waals surface area contributed by atoms with E-state index in [0.29, 0.717) is 19.4 Å². The first kappa shape index (κ1) is 22.2. The molecule has 5 heteroatoms. The van der Waals surface area contributed by atoms with Gasteiger partial charge in [-0.3, -0.25) is 9.59 Å². The number of hydrogen-bond acceptors (Lipinski definition) is 3. The first-order valence-electron chi connectivity index (χ1n) is 10.5. The molecule has 2 N–H and O–H groups in total. The lowest BCUT2D eigenvalue weighted by atomic mass is 10.0. The minimum absolute atomic E-state index is 0.0966. The van der Waals surface area contributed by atoms with Gasteiger partial charge in [0.25, 0.3) is 0 Å². The summed E-state index contributed by atoms with van der Waals surface area (Å²) >= 11 is 0. The third kappa shape index (κ3) is 6.52. The number of rotatable bonds is 10. The van der Waals surface area contributed by atoms with Crippen LogP contribution in [0.5, 0.6) is 0 Å². The SMILES string of the molecule is O=C(NCCO)C(c1ccccc1)N(Cc1ccccc1)C(=O)CCc1ccccc1. The second-order valence-electron chi connectivity index (χ2n) is 7.32. The molecule has 0 radical (unpaired) electrons. The van der Waals surface area contributed by atoms with Crippen LogP contribution < -0.4 is 5.32 Å². The fraction of sp³-hybridized carbons (Fsp3) is 0.231. The number of aliphatic hydroxyl groups excluding tert-OH is 1. The summed E-state index contributed by atoms with van der Waals surface area (Å²) in [5, 5.41) is 11.9. The van der Waals surface area contributed by atoms with Crippen molar-refractivity contribution in [2.75, 3.05) is 13.2 Å². The zero-order valence-corrected chi connectivity index (χ0v) is 17.5. The van der Waals surface area contributed by atoms with Gasteiger partial charge in [0.05, 0.1) is 6.61 Å². The Balaban J connectivity index is 1.90. The minimum Gasteiger partial charge on any atom is -0.395 e. The van der Waals surface area contributed by atoms with E-state index < -0.39 is 6.04 Å². The standard InChI is InChI=1S/C26H28N2O3/c29-19-18-27-26(31)25(23-14-8-3-9-15-23)28(20-22-12-6-2-7-13-22)24(30)17-16-21-10-4-1-5-11-21/h1-15,25,29H,16-20H2,(H,27,31). The molecule has 0 aliphatic rings. The molecular weight excluding hydrogens is 388 g/mol. The summed E-state index contributed by atoms with van der Waals surface area (Å²) < 4.78 is 0. The Hall–Kier alpha value is -3.44. The summed E-state index contributed by atoms with van der Waals surface area (Å²) in [4.78, 5) is 28.1. The summed E-state index contributed by atoms with van der Waals surface area (Å²) in [6, 6.07) is 28.0. The van der Waals surface area contributed by atoms with E-state index in [2.05, 4.69) is 5.32 Å². The quantitative estimate of drug-likeness (QED) is 0.532. The zero-order chi connectivity index (χ0) is 21.9. The van der Waals surface area contributed by atoms with Crippen molar-refractivity contribution in [2.45, 2.75) is 25.4 Å². The lowest BCUT2D eigenvalue weighted by Crippen LogP contribution is -2.44. The number of benzene rings is 3. The van der Waals surface area contributed by atoms with Crippen molar-refractivity contribution in [1.82, 2.24) is 10.2 Å². The number of carbonyl (C=O) groups excluding carboxylic acids is 2. The Morgan fingerprint density at radius 3 is 1.94 bits per heavy atom. The van der Waals surface area contributed by atoms with Crippen LogP contribution in [-0.4, -0.2) is 35.0 Å². The maximum Gasteiger partial charge on any atom is 0.247 e. The average molecular weight is 417 g/mol. The highest BCUT2D eigenvalue weighted by molar-refractivity contribution is 5.88. The second-order valence-corrected chi connectivity index (χ2v) is 7.32. The molecule has 0 aliphatic carbocycles. The fourth-order valence-corrected chi connectivity index (χ4v) is 3.53. The van der Waals surface area contributed by atoms with Gasteiger partial charge in [-0.05, 0) is 23.1 Å². The molecule has 0 aliphatic heterocycles. The highest BCUT2D eigenvalue weighted by atomic mass is 16.3. The molecule has 0 heterocycles. The van der Waals surface area contributed by atoms with Gasteiger partial charge in [-0.2, -0.15) is 0 Å². The summed E-state index contributed by atoms with van der Waals surface area (Å²) in [5.74, 6) is -0.398. The predicted molar refractivity (Wildman–Crippen MR) is 121 cm³/mol. The Kier molecular flexibility index (Phi) is 8.38. The third-order valence-electron chi connectivity index (χ3n) is 5.07. The average Bonchev–Trinajstić information content (AvgIpc) is 2.83. The fourth-order valence-electron chi connectivity index (χ4n) is 3.53. The molecular formula is C26H28N2O3. The number of nitrogens with one attached hydrogen (secondary N) is 1. The van der Waals surface area contributed by atoms with Gasteiger partial charge < -0.3 is 15.3 Å². The van der Waals surface area contributed by atoms with Crippen LogP contribution >= 0.6 is 0 Å². The van der Waals surface area contributed by atoms with E-state index in [4.69, 9.17) is 5.11 Å². The molecule has 0 bridgehead atoms. The first-order valence-corrected chi connectivity index (χ1v) is 10.5. The molecule has 0 aromatic heterocycles. The van der Waals surface area contributed by atoms with Gasteiger partial charge in [0.2, 0.25) is 11.8 Å². The number of hydrogen-bond donors (Lipinski definition) is 2. The van der Waals surface area contributed by atoms with Crippen LogP contribution in [0.1, 0.15) is 29.2 Å². The third-order valence-corrected chi connectivity index (χ3v) is 5.07. The van der Waals surface area contributed by atoms with Crippen LogP contribution in [0.3, 0.4) is 0 Å². The Bertz CT molecular complexity index is 946. The molecule has 3 aromatic rings. The van der Waals surface area contributed by atoms with Gasteiger partial charge >= 0.3 is 0 Å². The van der Waals surface area contributed by atoms with Gasteiger partial charge in [-0.15, -0.1) is 0 Å². The van der Waals surface area contributed by atoms with Crippen molar-refractivity contribution < 1.29 is 14.7 Å². The van der Waals surface area contributed by atoms with E-state index in [1.165, 1.54) is 0 Å². The van der Waals surface area contributed by atoms with E-state index in [0.717, 1.165) is 16.7 Å². The number of carbonyl (C=O) groups is 2. The van der Waals surface area contributed by atoms with Gasteiger partial charge in [-0.1, -0.05) is 91.0 Å². The summed E-state index contributed by atoms with van der Waals surface area (Å²) in [6.45, 7) is 0.300. The molecule has 0 fully saturated rings. The van der Waals surface area contributed by atoms with E-state index in [9.17, 15) is 9.59 Å². The molecule has 31 heavy (non-hydrogen) atoms.